The summed E-state index contributed by atoms with van der Waals surface area (Å²) in [6.07, 6.45) is 0. The summed E-state index contributed by atoms with van der Waals surface area (Å²) in [6.45, 7) is 0. The molecule has 0 unspecified atom stereocenters. The molecule has 0 amide bonds. The van der Waals surface area contributed by atoms with E-state index in [2.05, 4.69) is 5.18 Å². The van der Waals surface area contributed by atoms with Crippen molar-refractivity contribution in [3.05, 3.63) is 59.0 Å². The van der Waals surface area contributed by atoms with Crippen molar-refractivity contribution in [3.8, 4) is 11.5 Å². The van der Waals surface area contributed by atoms with E-state index in [1.807, 2.05) is 6.07 Å². The molecule has 5 heteroatoms. The molecule has 19 heavy (non-hydrogen) atoms. The van der Waals surface area contributed by atoms with Gasteiger partial charge in [0.15, 0.2) is 5.75 Å². The molecule has 0 aliphatic carbocycles. The lowest BCUT2D eigenvalue weighted by Gasteiger charge is -2.07. The van der Waals surface area contributed by atoms with E-state index in [1.54, 1.807) is 24.3 Å². The number of nitrogens with zero attached hydrogens (tertiary/aromatic N) is 1. The summed E-state index contributed by atoms with van der Waals surface area (Å²) in [5, 5.41) is 2.80. The summed E-state index contributed by atoms with van der Waals surface area (Å²) in [6, 6.07) is 13.0. The Kier molecular flexibility index (Phi) is 3.87. The summed E-state index contributed by atoms with van der Waals surface area (Å²) < 4.78 is 10.2. The fraction of sp³-hybridized carbons (Fsp3) is 0.0714. The van der Waals surface area contributed by atoms with E-state index in [0.29, 0.717) is 5.56 Å². The van der Waals surface area contributed by atoms with Gasteiger partial charge in [-0.05, 0) is 29.4 Å². The predicted molar refractivity (Wildman–Crippen MR) is 69.8 cm³/mol. The Labute approximate surface area is 109 Å². The van der Waals surface area contributed by atoms with Crippen LogP contribution in [-0.4, -0.2) is 13.1 Å². The van der Waals surface area contributed by atoms with Gasteiger partial charge in [0.2, 0.25) is 0 Å². The normalized spacial score (nSPS) is 9.74. The van der Waals surface area contributed by atoms with Crippen LogP contribution in [0.3, 0.4) is 0 Å². The first-order valence-corrected chi connectivity index (χ1v) is 5.53. The quantitative estimate of drug-likeness (QED) is 0.479. The fourth-order valence-electron chi connectivity index (χ4n) is 1.54. The second-order valence-corrected chi connectivity index (χ2v) is 3.68. The van der Waals surface area contributed by atoms with Gasteiger partial charge in [0.05, 0.1) is 12.7 Å². The van der Waals surface area contributed by atoms with Crippen LogP contribution in [-0.2, 0) is 0 Å². The summed E-state index contributed by atoms with van der Waals surface area (Å²) in [5.41, 5.74) is 0.598. The summed E-state index contributed by atoms with van der Waals surface area (Å²) in [7, 11) is 1.41. The predicted octanol–water partition coefficient (Wildman–Crippen LogP) is 3.31. The third kappa shape index (κ3) is 2.95. The standard InChI is InChI=1S/C14H11NO4/c1-18-13-9-11(7-8-12(13)15-17)19-14(16)10-5-3-2-4-6-10/h2-9H,1H3. The van der Waals surface area contributed by atoms with Gasteiger partial charge in [-0.25, -0.2) is 4.79 Å². The number of nitroso groups, excluding NO2 is 1. The van der Waals surface area contributed by atoms with Gasteiger partial charge in [-0.15, -0.1) is 4.91 Å². The minimum absolute atomic E-state index is 0.155. The molecule has 0 spiro atoms. The molecule has 0 aliphatic heterocycles. The van der Waals surface area contributed by atoms with Crippen molar-refractivity contribution >= 4 is 11.7 Å². The van der Waals surface area contributed by atoms with Crippen LogP contribution in [0.15, 0.2) is 53.7 Å². The topological polar surface area (TPSA) is 65.0 Å². The zero-order valence-electron chi connectivity index (χ0n) is 10.2. The van der Waals surface area contributed by atoms with Crippen molar-refractivity contribution in [2.75, 3.05) is 7.11 Å². The number of benzene rings is 2. The second kappa shape index (κ2) is 5.77. The molecule has 0 radical (unpaired) electrons. The summed E-state index contributed by atoms with van der Waals surface area (Å²) in [5.74, 6) is 0.0703. The monoisotopic (exact) mass is 257 g/mol. The average molecular weight is 257 g/mol. The molecule has 96 valence electrons. The van der Waals surface area contributed by atoms with Gasteiger partial charge in [0.1, 0.15) is 11.4 Å². The number of esters is 1. The van der Waals surface area contributed by atoms with Crippen LogP contribution in [0.5, 0.6) is 11.5 Å². The SMILES string of the molecule is COc1cc(OC(=O)c2ccccc2)ccc1N=O. The number of ether oxygens (including phenoxy) is 2. The summed E-state index contributed by atoms with van der Waals surface area (Å²) >= 11 is 0. The number of hydrogen-bond acceptors (Lipinski definition) is 5. The number of methoxy groups -OCH3 is 1. The third-order valence-electron chi connectivity index (χ3n) is 2.47. The first-order chi connectivity index (χ1) is 9.24. The number of carbonyl (C=O) groups is 1. The lowest BCUT2D eigenvalue weighted by molar-refractivity contribution is 0.0734. The molecular formula is C14H11NO4. The van der Waals surface area contributed by atoms with E-state index in [-0.39, 0.29) is 17.2 Å². The minimum Gasteiger partial charge on any atom is -0.494 e. The van der Waals surface area contributed by atoms with E-state index < -0.39 is 5.97 Å². The largest absolute Gasteiger partial charge is 0.494 e. The molecule has 2 aromatic carbocycles. The molecule has 0 heterocycles. The molecule has 0 aromatic heterocycles. The van der Waals surface area contributed by atoms with Gasteiger partial charge in [-0.2, -0.15) is 0 Å². The lowest BCUT2D eigenvalue weighted by atomic mass is 10.2. The highest BCUT2D eigenvalue weighted by Gasteiger charge is 2.10. The van der Waals surface area contributed by atoms with E-state index in [0.717, 1.165) is 0 Å². The Morgan fingerprint density at radius 2 is 1.84 bits per heavy atom. The van der Waals surface area contributed by atoms with Gasteiger partial charge in [0.25, 0.3) is 0 Å². The Balaban J connectivity index is 2.20. The molecule has 5 nitrogen and oxygen atoms in total. The smallest absolute Gasteiger partial charge is 0.343 e. The third-order valence-corrected chi connectivity index (χ3v) is 2.47. The number of hydrogen-bond donors (Lipinski definition) is 0. The highest BCUT2D eigenvalue weighted by molar-refractivity contribution is 5.91. The second-order valence-electron chi connectivity index (χ2n) is 3.68. The number of carbonyl (C=O) groups excluding carboxylic acids is 1. The average Bonchev–Trinajstić information content (AvgIpc) is 2.48. The van der Waals surface area contributed by atoms with Crippen LogP contribution in [0.2, 0.25) is 0 Å². The highest BCUT2D eigenvalue weighted by atomic mass is 16.5. The van der Waals surface area contributed by atoms with Crippen molar-refractivity contribution in [2.24, 2.45) is 5.18 Å². The molecule has 0 N–H and O–H groups in total. The maximum Gasteiger partial charge on any atom is 0.343 e. The van der Waals surface area contributed by atoms with E-state index >= 15 is 0 Å². The van der Waals surface area contributed by atoms with Gasteiger partial charge >= 0.3 is 5.97 Å². The zero-order chi connectivity index (χ0) is 13.7. The Bertz CT molecular complexity index is 596. The summed E-state index contributed by atoms with van der Waals surface area (Å²) in [4.78, 5) is 22.3. The van der Waals surface area contributed by atoms with Crippen LogP contribution >= 0.6 is 0 Å². The Morgan fingerprint density at radius 3 is 2.47 bits per heavy atom. The van der Waals surface area contributed by atoms with Crippen molar-refractivity contribution in [1.29, 1.82) is 0 Å². The first-order valence-electron chi connectivity index (χ1n) is 5.53. The number of rotatable bonds is 4. The van der Waals surface area contributed by atoms with Crippen molar-refractivity contribution < 1.29 is 14.3 Å². The molecule has 0 saturated carbocycles. The first kappa shape index (κ1) is 12.8. The van der Waals surface area contributed by atoms with Crippen LogP contribution in [0, 0.1) is 4.91 Å². The maximum absolute atomic E-state index is 11.8. The van der Waals surface area contributed by atoms with Crippen LogP contribution in [0.1, 0.15) is 10.4 Å². The molecule has 0 saturated heterocycles. The highest BCUT2D eigenvalue weighted by Crippen LogP contribution is 2.31. The Hall–Kier alpha value is -2.69. The van der Waals surface area contributed by atoms with E-state index in [4.69, 9.17) is 9.47 Å². The van der Waals surface area contributed by atoms with E-state index in [9.17, 15) is 9.70 Å². The zero-order valence-corrected chi connectivity index (χ0v) is 10.2. The van der Waals surface area contributed by atoms with Crippen molar-refractivity contribution in [1.82, 2.24) is 0 Å². The fourth-order valence-corrected chi connectivity index (χ4v) is 1.54. The molecule has 0 aliphatic rings. The maximum atomic E-state index is 11.8. The van der Waals surface area contributed by atoms with Crippen LogP contribution < -0.4 is 9.47 Å². The van der Waals surface area contributed by atoms with Crippen LogP contribution in [0.4, 0.5) is 5.69 Å². The Morgan fingerprint density at radius 1 is 1.11 bits per heavy atom. The molecule has 0 bridgehead atoms. The molecule has 2 aromatic rings. The van der Waals surface area contributed by atoms with Crippen LogP contribution in [0.25, 0.3) is 0 Å². The van der Waals surface area contributed by atoms with E-state index in [1.165, 1.54) is 25.3 Å². The molecule has 0 atom stereocenters. The van der Waals surface area contributed by atoms with Crippen molar-refractivity contribution in [2.45, 2.75) is 0 Å². The van der Waals surface area contributed by atoms with Gasteiger partial charge < -0.3 is 9.47 Å². The van der Waals surface area contributed by atoms with Gasteiger partial charge in [0, 0.05) is 6.07 Å². The minimum atomic E-state index is -0.477. The lowest BCUT2D eigenvalue weighted by Crippen LogP contribution is -2.08. The molecule has 2 rings (SSSR count). The van der Waals surface area contributed by atoms with Crippen molar-refractivity contribution in [3.63, 3.8) is 0 Å². The van der Waals surface area contributed by atoms with Gasteiger partial charge in [-0.3, -0.25) is 0 Å². The molecule has 0 fully saturated rings. The molecular weight excluding hydrogens is 246 g/mol. The van der Waals surface area contributed by atoms with Gasteiger partial charge in [-0.1, -0.05) is 18.2 Å².